The lowest BCUT2D eigenvalue weighted by atomic mass is 9.65. The second-order valence-electron chi connectivity index (χ2n) is 13.6. The number of thiophene rings is 1. The SMILES string of the molecule is Cc1c(C2CCC(CC(F)(F)F)(CC(F)(F)F)CC2)ccc2c1sc1c(-c3cc(C(C)(C)C)c4ccccc4c3)nccc12. The van der Waals surface area contributed by atoms with Crippen LogP contribution in [0.4, 0.5) is 26.3 Å². The van der Waals surface area contributed by atoms with Gasteiger partial charge in [0, 0.05) is 40.1 Å². The van der Waals surface area contributed by atoms with E-state index < -0.39 is 30.6 Å². The van der Waals surface area contributed by atoms with Gasteiger partial charge in [0.2, 0.25) is 0 Å². The molecule has 8 heteroatoms. The summed E-state index contributed by atoms with van der Waals surface area (Å²) in [5, 5.41) is 4.55. The zero-order chi connectivity index (χ0) is 31.7. The molecule has 0 unspecified atom stereocenters. The summed E-state index contributed by atoms with van der Waals surface area (Å²) in [6, 6.07) is 18.9. The van der Waals surface area contributed by atoms with E-state index in [1.165, 1.54) is 10.9 Å². The summed E-state index contributed by atoms with van der Waals surface area (Å²) in [4.78, 5) is 4.85. The highest BCUT2D eigenvalue weighted by Gasteiger charge is 2.50. The molecule has 232 valence electrons. The van der Waals surface area contributed by atoms with Crippen LogP contribution < -0.4 is 0 Å². The van der Waals surface area contributed by atoms with Crippen molar-refractivity contribution < 1.29 is 26.3 Å². The van der Waals surface area contributed by atoms with E-state index in [-0.39, 0.29) is 24.2 Å². The van der Waals surface area contributed by atoms with E-state index >= 15 is 0 Å². The molecule has 2 aromatic heterocycles. The molecule has 2 heterocycles. The molecule has 1 fully saturated rings. The van der Waals surface area contributed by atoms with Crippen LogP contribution in [0.15, 0.2) is 60.8 Å². The predicted octanol–water partition coefficient (Wildman–Crippen LogP) is 12.4. The van der Waals surface area contributed by atoms with Crippen LogP contribution in [0.2, 0.25) is 0 Å². The van der Waals surface area contributed by atoms with Gasteiger partial charge in [0.1, 0.15) is 0 Å². The van der Waals surface area contributed by atoms with Gasteiger partial charge < -0.3 is 0 Å². The summed E-state index contributed by atoms with van der Waals surface area (Å²) >= 11 is 1.66. The molecule has 3 aromatic carbocycles. The summed E-state index contributed by atoms with van der Waals surface area (Å²) in [7, 11) is 0. The molecule has 0 radical (unpaired) electrons. The molecule has 0 aliphatic heterocycles. The number of halogens is 6. The molecule has 0 bridgehead atoms. The van der Waals surface area contributed by atoms with Crippen LogP contribution in [0.3, 0.4) is 0 Å². The van der Waals surface area contributed by atoms with Crippen LogP contribution in [-0.4, -0.2) is 17.3 Å². The van der Waals surface area contributed by atoms with Crippen LogP contribution in [0, 0.1) is 12.3 Å². The monoisotopic (exact) mass is 627 g/mol. The van der Waals surface area contributed by atoms with Gasteiger partial charge in [-0.1, -0.05) is 57.2 Å². The number of benzene rings is 3. The van der Waals surface area contributed by atoms with Crippen LogP contribution in [0.1, 0.15) is 81.9 Å². The first-order valence-corrected chi connectivity index (χ1v) is 15.8. The average molecular weight is 628 g/mol. The maximum atomic E-state index is 13.4. The number of aromatic nitrogens is 1. The van der Waals surface area contributed by atoms with Crippen molar-refractivity contribution in [3.63, 3.8) is 0 Å². The quantitative estimate of drug-likeness (QED) is 0.181. The Bertz CT molecular complexity index is 1830. The van der Waals surface area contributed by atoms with Crippen molar-refractivity contribution in [2.24, 2.45) is 5.41 Å². The Balaban J connectivity index is 1.39. The molecule has 1 aliphatic carbocycles. The highest BCUT2D eigenvalue weighted by atomic mass is 32.1. The normalized spacial score (nSPS) is 16.8. The van der Waals surface area contributed by atoms with Crippen LogP contribution in [0.5, 0.6) is 0 Å². The molecule has 6 rings (SSSR count). The van der Waals surface area contributed by atoms with Crippen molar-refractivity contribution in [3.8, 4) is 11.3 Å². The van der Waals surface area contributed by atoms with Crippen molar-refractivity contribution in [2.45, 2.75) is 89.9 Å². The second kappa shape index (κ2) is 10.7. The Morgan fingerprint density at radius 2 is 1.43 bits per heavy atom. The summed E-state index contributed by atoms with van der Waals surface area (Å²) < 4.78 is 82.3. The lowest BCUT2D eigenvalue weighted by Crippen LogP contribution is -2.36. The Kier molecular flexibility index (Phi) is 7.54. The highest BCUT2D eigenvalue weighted by molar-refractivity contribution is 7.26. The van der Waals surface area contributed by atoms with Gasteiger partial charge >= 0.3 is 12.4 Å². The summed E-state index contributed by atoms with van der Waals surface area (Å²) in [6.07, 6.45) is -9.76. The fourth-order valence-electron chi connectivity index (χ4n) is 7.44. The molecule has 1 saturated carbocycles. The molecule has 0 amide bonds. The van der Waals surface area contributed by atoms with Gasteiger partial charge in [-0.2, -0.15) is 26.3 Å². The van der Waals surface area contributed by atoms with E-state index in [1.807, 2.05) is 31.3 Å². The van der Waals surface area contributed by atoms with E-state index in [9.17, 15) is 26.3 Å². The topological polar surface area (TPSA) is 12.9 Å². The standard InChI is InChI=1S/C36H35F6NS/c1-21-25(22-11-14-34(15-12-22,19-35(37,38)39)20-36(40,41)42)9-10-27-28-13-16-43-30(32(28)44-31(21)27)24-17-23-7-5-6-8-26(23)29(18-24)33(2,3)4/h5-10,13,16-18,22H,11-12,14-15,19-20H2,1-4H3. The number of pyridine rings is 1. The maximum Gasteiger partial charge on any atom is 0.389 e. The first kappa shape index (κ1) is 30.9. The van der Waals surface area contributed by atoms with Gasteiger partial charge in [-0.25, -0.2) is 0 Å². The number of alkyl halides is 6. The van der Waals surface area contributed by atoms with Gasteiger partial charge in [-0.15, -0.1) is 11.3 Å². The minimum atomic E-state index is -4.63. The van der Waals surface area contributed by atoms with E-state index in [2.05, 4.69) is 57.2 Å². The third-order valence-electron chi connectivity index (χ3n) is 9.43. The number of hydrogen-bond donors (Lipinski definition) is 0. The molecule has 5 aromatic rings. The number of aryl methyl sites for hydroxylation is 1. The predicted molar refractivity (Wildman–Crippen MR) is 168 cm³/mol. The molecule has 0 saturated heterocycles. The molecule has 44 heavy (non-hydrogen) atoms. The van der Waals surface area contributed by atoms with Gasteiger partial charge in [0.25, 0.3) is 0 Å². The van der Waals surface area contributed by atoms with Crippen molar-refractivity contribution >= 4 is 42.3 Å². The van der Waals surface area contributed by atoms with Gasteiger partial charge in [0.15, 0.2) is 0 Å². The van der Waals surface area contributed by atoms with Gasteiger partial charge in [-0.05, 0) is 95.0 Å². The van der Waals surface area contributed by atoms with Crippen LogP contribution in [-0.2, 0) is 5.41 Å². The molecule has 0 N–H and O–H groups in total. The minimum absolute atomic E-state index is 0.0764. The molecule has 0 atom stereocenters. The van der Waals surface area contributed by atoms with E-state index in [4.69, 9.17) is 4.98 Å². The Morgan fingerprint density at radius 1 is 0.795 bits per heavy atom. The lowest BCUT2D eigenvalue weighted by molar-refractivity contribution is -0.201. The first-order valence-electron chi connectivity index (χ1n) is 15.0. The molecule has 1 nitrogen and oxygen atoms in total. The van der Waals surface area contributed by atoms with E-state index in [0.717, 1.165) is 47.9 Å². The molecular formula is C36H35F6NS. The third-order valence-corrected chi connectivity index (χ3v) is 10.8. The van der Waals surface area contributed by atoms with Crippen LogP contribution in [0.25, 0.3) is 42.2 Å². The van der Waals surface area contributed by atoms with Gasteiger partial charge in [-0.3, -0.25) is 4.98 Å². The summed E-state index contributed by atoms with van der Waals surface area (Å²) in [5.41, 5.74) is 3.40. The largest absolute Gasteiger partial charge is 0.389 e. The zero-order valence-electron chi connectivity index (χ0n) is 25.2. The van der Waals surface area contributed by atoms with Crippen molar-refractivity contribution in [1.82, 2.24) is 4.98 Å². The number of nitrogens with zero attached hydrogens (tertiary/aromatic N) is 1. The Morgan fingerprint density at radius 3 is 2.07 bits per heavy atom. The fourth-order valence-corrected chi connectivity index (χ4v) is 8.76. The lowest BCUT2D eigenvalue weighted by Gasteiger charge is -2.41. The summed E-state index contributed by atoms with van der Waals surface area (Å²) in [6.45, 7) is 8.65. The third kappa shape index (κ3) is 5.94. The minimum Gasteiger partial charge on any atom is -0.255 e. The first-order chi connectivity index (χ1) is 20.5. The number of fused-ring (bicyclic) bond motifs is 4. The Hall–Kier alpha value is -3.13. The summed E-state index contributed by atoms with van der Waals surface area (Å²) in [5.74, 6) is -0.0772. The molecular weight excluding hydrogens is 592 g/mol. The van der Waals surface area contributed by atoms with Crippen molar-refractivity contribution in [1.29, 1.82) is 0 Å². The zero-order valence-corrected chi connectivity index (χ0v) is 26.0. The smallest absolute Gasteiger partial charge is 0.255 e. The number of hydrogen-bond acceptors (Lipinski definition) is 2. The Labute approximate surface area is 257 Å². The van der Waals surface area contributed by atoms with Crippen LogP contribution >= 0.6 is 11.3 Å². The van der Waals surface area contributed by atoms with E-state index in [1.54, 1.807) is 11.3 Å². The highest BCUT2D eigenvalue weighted by Crippen LogP contribution is 2.54. The maximum absolute atomic E-state index is 13.4. The van der Waals surface area contributed by atoms with E-state index in [0.29, 0.717) is 12.8 Å². The average Bonchev–Trinajstić information content (AvgIpc) is 3.31. The fraction of sp³-hybridized carbons (Fsp3) is 0.417. The van der Waals surface area contributed by atoms with Crippen molar-refractivity contribution in [3.05, 3.63) is 77.5 Å². The molecule has 1 aliphatic rings. The van der Waals surface area contributed by atoms with Gasteiger partial charge in [0.05, 0.1) is 10.4 Å². The number of rotatable bonds is 4. The van der Waals surface area contributed by atoms with Crippen molar-refractivity contribution in [2.75, 3.05) is 0 Å². The second-order valence-corrected chi connectivity index (χ2v) is 14.7. The molecule has 0 spiro atoms.